The lowest BCUT2D eigenvalue weighted by Gasteiger charge is -2.36. The van der Waals surface area contributed by atoms with Gasteiger partial charge in [0.2, 0.25) is 0 Å². The number of esters is 2. The van der Waals surface area contributed by atoms with Gasteiger partial charge in [0.05, 0.1) is 33.0 Å². The van der Waals surface area contributed by atoms with Gasteiger partial charge < -0.3 is 24.4 Å². The van der Waals surface area contributed by atoms with Gasteiger partial charge in [0, 0.05) is 16.6 Å². The van der Waals surface area contributed by atoms with E-state index >= 15 is 0 Å². The van der Waals surface area contributed by atoms with E-state index in [0.717, 1.165) is 39.8 Å². The van der Waals surface area contributed by atoms with Gasteiger partial charge in [-0.2, -0.15) is 0 Å². The first kappa shape index (κ1) is 40.4. The van der Waals surface area contributed by atoms with Crippen LogP contribution < -0.4 is 4.74 Å². The minimum Gasteiger partial charge on any atom is -0.493 e. The van der Waals surface area contributed by atoms with Crippen molar-refractivity contribution in [1.29, 1.82) is 0 Å². The smallest absolute Gasteiger partial charge is 0.333 e. The molecule has 0 heterocycles. The Morgan fingerprint density at radius 1 is 0.725 bits per heavy atom. The number of aliphatic hydroxyl groups is 2. The minimum absolute atomic E-state index is 0.147. The molecule has 2 aromatic rings. The summed E-state index contributed by atoms with van der Waals surface area (Å²) in [6.45, 7) is 13.0. The maximum atomic E-state index is 12.0. The predicted molar refractivity (Wildman–Crippen MR) is 204 cm³/mol. The summed E-state index contributed by atoms with van der Waals surface area (Å²) in [6, 6.07) is 13.4. The van der Waals surface area contributed by atoms with Crippen LogP contribution in [0.5, 0.6) is 5.75 Å². The fourth-order valence-corrected chi connectivity index (χ4v) is 7.66. The van der Waals surface area contributed by atoms with Gasteiger partial charge in [-0.25, -0.2) is 9.59 Å². The van der Waals surface area contributed by atoms with Gasteiger partial charge in [-0.3, -0.25) is 0 Å². The zero-order chi connectivity index (χ0) is 36.8. The summed E-state index contributed by atoms with van der Waals surface area (Å²) in [5, 5.41) is 19.7. The standard InChI is InChI=1S/C44H62O7/c1-31(2)42(47)50-24-9-13-38-27-40(37-21-19-36(20-22-37)35-17-15-34(16-18-35)33-11-7-6-8-12-33)28-39(14-10-25-51-43(48)32(3)4)41(38)49-26-23-44(5,29-45)30-46/h19-22,27-28,33-35,45-46H,1,3,6-18,23-26,29-30H2,2,4-5H3. The van der Waals surface area contributed by atoms with Crippen LogP contribution in [0.2, 0.25) is 0 Å². The number of benzene rings is 2. The van der Waals surface area contributed by atoms with Gasteiger partial charge in [-0.05, 0) is 129 Å². The lowest BCUT2D eigenvalue weighted by molar-refractivity contribution is -0.139. The molecule has 2 fully saturated rings. The summed E-state index contributed by atoms with van der Waals surface area (Å²) < 4.78 is 17.3. The zero-order valence-corrected chi connectivity index (χ0v) is 31.5. The SMILES string of the molecule is C=C(C)C(=O)OCCCc1cc(-c2ccc(C3CCC(C4CCCCC4)CC3)cc2)cc(CCCOC(=O)C(=C)C)c1OCCC(C)(CO)CO. The second-order valence-corrected chi connectivity index (χ2v) is 15.5. The average molecular weight is 703 g/mol. The van der Waals surface area contributed by atoms with Crippen molar-refractivity contribution in [3.8, 4) is 16.9 Å². The van der Waals surface area contributed by atoms with Gasteiger partial charge in [0.1, 0.15) is 5.75 Å². The molecule has 4 rings (SSSR count). The number of carbonyl (C=O) groups excluding carboxylic acids is 2. The molecule has 0 unspecified atom stereocenters. The van der Waals surface area contributed by atoms with E-state index in [1.54, 1.807) is 13.8 Å². The van der Waals surface area contributed by atoms with E-state index in [1.165, 1.54) is 63.4 Å². The van der Waals surface area contributed by atoms with Crippen LogP contribution in [0.4, 0.5) is 0 Å². The van der Waals surface area contributed by atoms with Gasteiger partial charge in [-0.15, -0.1) is 0 Å². The molecule has 0 amide bonds. The summed E-state index contributed by atoms with van der Waals surface area (Å²) in [4.78, 5) is 24.1. The molecule has 0 atom stereocenters. The monoisotopic (exact) mass is 702 g/mol. The molecule has 7 heteroatoms. The lowest BCUT2D eigenvalue weighted by Crippen LogP contribution is -2.28. The van der Waals surface area contributed by atoms with Gasteiger partial charge in [0.25, 0.3) is 0 Å². The van der Waals surface area contributed by atoms with Crippen LogP contribution in [0.3, 0.4) is 0 Å². The van der Waals surface area contributed by atoms with Gasteiger partial charge >= 0.3 is 11.9 Å². The number of ether oxygens (including phenoxy) is 3. The highest BCUT2D eigenvalue weighted by molar-refractivity contribution is 5.87. The van der Waals surface area contributed by atoms with E-state index in [0.29, 0.717) is 55.8 Å². The Balaban J connectivity index is 1.56. The van der Waals surface area contributed by atoms with Gasteiger partial charge in [-0.1, -0.05) is 76.5 Å². The molecule has 0 spiro atoms. The largest absolute Gasteiger partial charge is 0.493 e. The Kier molecular flexibility index (Phi) is 15.8. The van der Waals surface area contributed by atoms with Crippen molar-refractivity contribution >= 4 is 11.9 Å². The molecule has 0 aromatic heterocycles. The molecule has 0 bridgehead atoms. The van der Waals surface area contributed by atoms with E-state index in [-0.39, 0.29) is 26.4 Å². The molecule has 280 valence electrons. The molecular weight excluding hydrogens is 640 g/mol. The topological polar surface area (TPSA) is 102 Å². The second-order valence-electron chi connectivity index (χ2n) is 15.5. The Labute approximate surface area is 306 Å². The molecule has 0 radical (unpaired) electrons. The summed E-state index contributed by atoms with van der Waals surface area (Å²) in [6.07, 6.45) is 15.3. The average Bonchev–Trinajstić information content (AvgIpc) is 3.15. The Bertz CT molecular complexity index is 1390. The maximum absolute atomic E-state index is 12.0. The van der Waals surface area contributed by atoms with Crippen LogP contribution in [-0.2, 0) is 31.9 Å². The number of rotatable bonds is 19. The molecule has 2 aromatic carbocycles. The van der Waals surface area contributed by atoms with Crippen LogP contribution in [0.25, 0.3) is 11.1 Å². The van der Waals surface area contributed by atoms with E-state index < -0.39 is 17.4 Å². The molecule has 7 nitrogen and oxygen atoms in total. The molecular formula is C44H62O7. The highest BCUT2D eigenvalue weighted by Crippen LogP contribution is 2.43. The molecule has 0 saturated heterocycles. The van der Waals surface area contributed by atoms with E-state index in [1.807, 2.05) is 6.92 Å². The van der Waals surface area contributed by atoms with Crippen molar-refractivity contribution in [1.82, 2.24) is 0 Å². The van der Waals surface area contributed by atoms with Crippen molar-refractivity contribution in [2.45, 2.75) is 117 Å². The molecule has 51 heavy (non-hydrogen) atoms. The Morgan fingerprint density at radius 2 is 1.24 bits per heavy atom. The number of aliphatic hydroxyl groups excluding tert-OH is 2. The number of carbonyl (C=O) groups is 2. The third kappa shape index (κ3) is 12.1. The quantitative estimate of drug-likeness (QED) is 0.0856. The molecule has 2 aliphatic carbocycles. The number of hydrogen-bond donors (Lipinski definition) is 2. The van der Waals surface area contributed by atoms with Crippen molar-refractivity contribution in [3.63, 3.8) is 0 Å². The van der Waals surface area contributed by atoms with E-state index in [2.05, 4.69) is 49.6 Å². The van der Waals surface area contributed by atoms with Gasteiger partial charge in [0.15, 0.2) is 0 Å². The van der Waals surface area contributed by atoms with Crippen molar-refractivity contribution in [2.75, 3.05) is 33.0 Å². The third-order valence-corrected chi connectivity index (χ3v) is 11.1. The van der Waals surface area contributed by atoms with Crippen molar-refractivity contribution in [2.24, 2.45) is 17.3 Å². The first-order valence-electron chi connectivity index (χ1n) is 19.3. The maximum Gasteiger partial charge on any atom is 0.333 e. The highest BCUT2D eigenvalue weighted by Gasteiger charge is 2.29. The predicted octanol–water partition coefficient (Wildman–Crippen LogP) is 9.07. The Hall–Kier alpha value is -3.42. The fourth-order valence-electron chi connectivity index (χ4n) is 7.66. The molecule has 2 aliphatic rings. The number of aryl methyl sites for hydroxylation is 2. The lowest BCUT2D eigenvalue weighted by atomic mass is 9.70. The van der Waals surface area contributed by atoms with Crippen molar-refractivity contribution in [3.05, 3.63) is 77.4 Å². The van der Waals surface area contributed by atoms with Crippen LogP contribution in [0.1, 0.15) is 120 Å². The molecule has 2 N–H and O–H groups in total. The minimum atomic E-state index is -0.662. The molecule has 0 aliphatic heterocycles. The fraction of sp³-hybridized carbons (Fsp3) is 0.591. The normalized spacial score (nSPS) is 18.2. The van der Waals surface area contributed by atoms with Crippen LogP contribution in [-0.4, -0.2) is 55.2 Å². The highest BCUT2D eigenvalue weighted by atomic mass is 16.5. The molecule has 2 saturated carbocycles. The zero-order valence-electron chi connectivity index (χ0n) is 31.5. The first-order valence-corrected chi connectivity index (χ1v) is 19.3. The third-order valence-electron chi connectivity index (χ3n) is 11.1. The van der Waals surface area contributed by atoms with Crippen LogP contribution in [0.15, 0.2) is 60.7 Å². The van der Waals surface area contributed by atoms with Crippen LogP contribution >= 0.6 is 0 Å². The summed E-state index contributed by atoms with van der Waals surface area (Å²) in [5.74, 6) is 2.42. The first-order chi connectivity index (χ1) is 24.5. The number of hydrogen-bond acceptors (Lipinski definition) is 7. The van der Waals surface area contributed by atoms with E-state index in [4.69, 9.17) is 14.2 Å². The summed E-state index contributed by atoms with van der Waals surface area (Å²) >= 11 is 0. The van der Waals surface area contributed by atoms with Crippen LogP contribution in [0, 0.1) is 17.3 Å². The second kappa shape index (κ2) is 20.0. The van der Waals surface area contributed by atoms with E-state index in [9.17, 15) is 19.8 Å². The summed E-state index contributed by atoms with van der Waals surface area (Å²) in [7, 11) is 0. The summed E-state index contributed by atoms with van der Waals surface area (Å²) in [5.41, 5.74) is 5.69. The van der Waals surface area contributed by atoms with Crippen molar-refractivity contribution < 1.29 is 34.0 Å². The Morgan fingerprint density at radius 3 is 1.73 bits per heavy atom.